The Morgan fingerprint density at radius 2 is 2.17 bits per heavy atom. The van der Waals surface area contributed by atoms with Crippen LogP contribution in [0.25, 0.3) is 0 Å². The molecule has 1 atom stereocenters. The Labute approximate surface area is 133 Å². The summed E-state index contributed by atoms with van der Waals surface area (Å²) in [5.41, 5.74) is 1.95. The van der Waals surface area contributed by atoms with Gasteiger partial charge in [0.15, 0.2) is 11.5 Å². The topological polar surface area (TPSA) is 74.6 Å². The Balaban J connectivity index is 1.83. The van der Waals surface area contributed by atoms with Crippen molar-refractivity contribution in [3.63, 3.8) is 0 Å². The van der Waals surface area contributed by atoms with Crippen molar-refractivity contribution in [2.75, 3.05) is 25.6 Å². The van der Waals surface area contributed by atoms with Gasteiger partial charge in [-0.1, -0.05) is 0 Å². The van der Waals surface area contributed by atoms with Gasteiger partial charge in [-0.05, 0) is 17.7 Å². The molecule has 1 N–H and O–H groups in total. The second-order valence-corrected chi connectivity index (χ2v) is 5.62. The highest BCUT2D eigenvalue weighted by molar-refractivity contribution is 5.94. The number of ether oxygens (including phenoxy) is 3. The van der Waals surface area contributed by atoms with Gasteiger partial charge in [-0.3, -0.25) is 9.48 Å². The van der Waals surface area contributed by atoms with E-state index in [1.165, 1.54) is 0 Å². The summed E-state index contributed by atoms with van der Waals surface area (Å²) in [6, 6.07) is 3.84. The third kappa shape index (κ3) is 2.19. The fourth-order valence-electron chi connectivity index (χ4n) is 3.13. The number of aryl methyl sites for hydroxylation is 1. The molecule has 0 unspecified atom stereocenters. The van der Waals surface area contributed by atoms with Gasteiger partial charge in [0.25, 0.3) is 0 Å². The van der Waals surface area contributed by atoms with Crippen molar-refractivity contribution in [3.8, 4) is 17.2 Å². The quantitative estimate of drug-likeness (QED) is 0.912. The van der Waals surface area contributed by atoms with Crippen LogP contribution in [0.15, 0.2) is 18.3 Å². The summed E-state index contributed by atoms with van der Waals surface area (Å²) in [6.07, 6.45) is 2.16. The summed E-state index contributed by atoms with van der Waals surface area (Å²) < 4.78 is 18.4. The Morgan fingerprint density at radius 3 is 3.00 bits per heavy atom. The monoisotopic (exact) mass is 315 g/mol. The van der Waals surface area contributed by atoms with Gasteiger partial charge in [-0.25, -0.2) is 0 Å². The molecule has 2 aliphatic heterocycles. The molecule has 7 heteroatoms. The van der Waals surface area contributed by atoms with E-state index < -0.39 is 0 Å². The lowest BCUT2D eigenvalue weighted by Crippen LogP contribution is -2.24. The summed E-state index contributed by atoms with van der Waals surface area (Å²) in [6.45, 7) is 1.00. The van der Waals surface area contributed by atoms with Crippen LogP contribution in [0, 0.1) is 0 Å². The van der Waals surface area contributed by atoms with E-state index in [2.05, 4.69) is 10.4 Å². The number of hydrogen-bond acceptors (Lipinski definition) is 5. The van der Waals surface area contributed by atoms with Gasteiger partial charge in [0.2, 0.25) is 11.7 Å². The van der Waals surface area contributed by atoms with Crippen molar-refractivity contribution in [2.24, 2.45) is 7.05 Å². The molecular formula is C16H17N3O4. The van der Waals surface area contributed by atoms with Gasteiger partial charge in [-0.15, -0.1) is 0 Å². The molecule has 1 aromatic heterocycles. The Kier molecular flexibility index (Phi) is 3.14. The van der Waals surface area contributed by atoms with Crippen LogP contribution >= 0.6 is 0 Å². The van der Waals surface area contributed by atoms with E-state index in [0.717, 1.165) is 16.9 Å². The molecule has 23 heavy (non-hydrogen) atoms. The van der Waals surface area contributed by atoms with Gasteiger partial charge in [0.1, 0.15) is 19.0 Å². The molecule has 0 fully saturated rings. The zero-order valence-corrected chi connectivity index (χ0v) is 13.0. The van der Waals surface area contributed by atoms with Gasteiger partial charge < -0.3 is 19.5 Å². The lowest BCUT2D eigenvalue weighted by Gasteiger charge is -2.26. The molecule has 1 aromatic carbocycles. The van der Waals surface area contributed by atoms with Crippen molar-refractivity contribution >= 4 is 11.7 Å². The second kappa shape index (κ2) is 5.19. The van der Waals surface area contributed by atoms with E-state index >= 15 is 0 Å². The number of fused-ring (bicyclic) bond motifs is 2. The first-order valence-electron chi connectivity index (χ1n) is 7.46. The van der Waals surface area contributed by atoms with Crippen LogP contribution in [0.3, 0.4) is 0 Å². The summed E-state index contributed by atoms with van der Waals surface area (Å²) in [5.74, 6) is 2.52. The lowest BCUT2D eigenvalue weighted by atomic mass is 9.87. The minimum atomic E-state index is -0.0859. The molecule has 0 saturated carbocycles. The second-order valence-electron chi connectivity index (χ2n) is 5.62. The fourth-order valence-corrected chi connectivity index (χ4v) is 3.13. The minimum Gasteiger partial charge on any atom is -0.493 e. The number of anilines is 1. The SMILES string of the molecule is COc1cc([C@@H]2CC(=O)Nc3c2cnn3C)cc2c1OCCO2. The number of carbonyl (C=O) groups excluding carboxylic acids is 1. The van der Waals surface area contributed by atoms with E-state index in [4.69, 9.17) is 14.2 Å². The Bertz CT molecular complexity index is 767. The minimum absolute atomic E-state index is 0.0278. The van der Waals surface area contributed by atoms with Crippen LogP contribution in [0.5, 0.6) is 17.2 Å². The number of nitrogens with zero attached hydrogens (tertiary/aromatic N) is 2. The molecule has 7 nitrogen and oxygen atoms in total. The summed E-state index contributed by atoms with van der Waals surface area (Å²) >= 11 is 0. The van der Waals surface area contributed by atoms with E-state index in [1.807, 2.05) is 19.2 Å². The molecular weight excluding hydrogens is 298 g/mol. The largest absolute Gasteiger partial charge is 0.493 e. The highest BCUT2D eigenvalue weighted by Crippen LogP contribution is 2.45. The molecule has 0 spiro atoms. The molecule has 0 aliphatic carbocycles. The molecule has 2 aliphatic rings. The third-order valence-electron chi connectivity index (χ3n) is 4.24. The van der Waals surface area contributed by atoms with Crippen LogP contribution in [0.2, 0.25) is 0 Å². The smallest absolute Gasteiger partial charge is 0.226 e. The lowest BCUT2D eigenvalue weighted by molar-refractivity contribution is -0.116. The zero-order chi connectivity index (χ0) is 16.0. The maximum atomic E-state index is 12.1. The van der Waals surface area contributed by atoms with Crippen molar-refractivity contribution in [3.05, 3.63) is 29.5 Å². The average Bonchev–Trinajstić information content (AvgIpc) is 2.94. The van der Waals surface area contributed by atoms with Crippen LogP contribution in [0.4, 0.5) is 5.82 Å². The molecule has 2 aromatic rings. The molecule has 0 radical (unpaired) electrons. The number of hydrogen-bond donors (Lipinski definition) is 1. The first kappa shape index (κ1) is 13.9. The zero-order valence-electron chi connectivity index (χ0n) is 13.0. The van der Waals surface area contributed by atoms with E-state index in [0.29, 0.717) is 36.9 Å². The first-order chi connectivity index (χ1) is 11.2. The number of nitrogens with one attached hydrogen (secondary N) is 1. The summed E-state index contributed by atoms with van der Waals surface area (Å²) in [4.78, 5) is 12.1. The predicted octanol–water partition coefficient (Wildman–Crippen LogP) is 1.67. The molecule has 3 heterocycles. The summed E-state index contributed by atoms with van der Waals surface area (Å²) in [5, 5.41) is 7.13. The van der Waals surface area contributed by atoms with E-state index in [9.17, 15) is 4.79 Å². The summed E-state index contributed by atoms with van der Waals surface area (Å²) in [7, 11) is 3.41. The number of amides is 1. The maximum absolute atomic E-state index is 12.1. The number of carbonyl (C=O) groups is 1. The molecule has 120 valence electrons. The highest BCUT2D eigenvalue weighted by atomic mass is 16.6. The molecule has 0 saturated heterocycles. The number of benzene rings is 1. The number of rotatable bonds is 2. The van der Waals surface area contributed by atoms with E-state index in [1.54, 1.807) is 18.0 Å². The van der Waals surface area contributed by atoms with Crippen molar-refractivity contribution in [1.82, 2.24) is 9.78 Å². The first-order valence-corrected chi connectivity index (χ1v) is 7.46. The van der Waals surface area contributed by atoms with Gasteiger partial charge in [0, 0.05) is 24.9 Å². The number of methoxy groups -OCH3 is 1. The predicted molar refractivity (Wildman–Crippen MR) is 82.3 cm³/mol. The fraction of sp³-hybridized carbons (Fsp3) is 0.375. The number of aromatic nitrogens is 2. The highest BCUT2D eigenvalue weighted by Gasteiger charge is 2.31. The third-order valence-corrected chi connectivity index (χ3v) is 4.24. The van der Waals surface area contributed by atoms with Crippen molar-refractivity contribution in [2.45, 2.75) is 12.3 Å². The average molecular weight is 315 g/mol. The molecule has 1 amide bonds. The van der Waals surface area contributed by atoms with Crippen LogP contribution in [-0.4, -0.2) is 36.0 Å². The Hall–Kier alpha value is -2.70. The maximum Gasteiger partial charge on any atom is 0.226 e. The van der Waals surface area contributed by atoms with Gasteiger partial charge >= 0.3 is 0 Å². The van der Waals surface area contributed by atoms with Crippen LogP contribution in [-0.2, 0) is 11.8 Å². The molecule has 0 bridgehead atoms. The van der Waals surface area contributed by atoms with Crippen LogP contribution in [0.1, 0.15) is 23.5 Å². The van der Waals surface area contributed by atoms with Gasteiger partial charge in [-0.2, -0.15) is 5.10 Å². The van der Waals surface area contributed by atoms with E-state index in [-0.39, 0.29) is 11.8 Å². The Morgan fingerprint density at radius 1 is 1.35 bits per heavy atom. The van der Waals surface area contributed by atoms with Gasteiger partial charge in [0.05, 0.1) is 13.3 Å². The standard InChI is InChI=1S/C16H17N3O4/c1-19-16-11(8-17-19)10(7-14(20)18-16)9-5-12(21-2)15-13(6-9)22-3-4-23-15/h5-6,8,10H,3-4,7H2,1-2H3,(H,18,20)/t10-/m0/s1. The van der Waals surface area contributed by atoms with Crippen molar-refractivity contribution in [1.29, 1.82) is 0 Å². The van der Waals surface area contributed by atoms with Crippen LogP contribution < -0.4 is 19.5 Å². The van der Waals surface area contributed by atoms with Crippen molar-refractivity contribution < 1.29 is 19.0 Å². The molecule has 4 rings (SSSR count). The normalized spacial score (nSPS) is 19.0.